The molecular formula is C57H70F3N10O10+. The van der Waals surface area contributed by atoms with Crippen LogP contribution < -0.4 is 36.9 Å². The van der Waals surface area contributed by atoms with Gasteiger partial charge in [-0.15, -0.1) is 0 Å². The Morgan fingerprint density at radius 3 is 2.30 bits per heavy atom. The Labute approximate surface area is 461 Å². The Balaban J connectivity index is 0.910. The summed E-state index contributed by atoms with van der Waals surface area (Å²) in [7, 11) is 1.90. The van der Waals surface area contributed by atoms with Gasteiger partial charge in [0.05, 0.1) is 84.0 Å². The molecule has 2 aliphatic rings. The smallest absolute Gasteiger partial charge is 0.379 e. The van der Waals surface area contributed by atoms with Crippen LogP contribution in [0.5, 0.6) is 0 Å². The number of halogens is 3. The van der Waals surface area contributed by atoms with Crippen molar-refractivity contribution in [2.45, 2.75) is 84.5 Å². The van der Waals surface area contributed by atoms with Crippen molar-refractivity contribution in [3.8, 4) is 11.1 Å². The van der Waals surface area contributed by atoms with Crippen LogP contribution in [0.1, 0.15) is 75.1 Å². The highest BCUT2D eigenvalue weighted by atomic mass is 19.4. The van der Waals surface area contributed by atoms with Gasteiger partial charge in [-0.1, -0.05) is 62.2 Å². The van der Waals surface area contributed by atoms with Crippen LogP contribution in [0.4, 0.5) is 35.2 Å². The number of benzene rings is 3. The van der Waals surface area contributed by atoms with Gasteiger partial charge in [-0.05, 0) is 77.8 Å². The van der Waals surface area contributed by atoms with Crippen LogP contribution in [0.2, 0.25) is 0 Å². The lowest BCUT2D eigenvalue weighted by Gasteiger charge is -2.24. The van der Waals surface area contributed by atoms with E-state index in [2.05, 4.69) is 20.9 Å². The molecule has 20 nitrogen and oxygen atoms in total. The second kappa shape index (κ2) is 27.4. The van der Waals surface area contributed by atoms with E-state index < -0.39 is 41.5 Å². The molecule has 2 aliphatic heterocycles. The van der Waals surface area contributed by atoms with Gasteiger partial charge in [0.25, 0.3) is 0 Å². The van der Waals surface area contributed by atoms with Crippen LogP contribution >= 0.6 is 0 Å². The van der Waals surface area contributed by atoms with Crippen LogP contribution in [0, 0.1) is 17.8 Å². The van der Waals surface area contributed by atoms with Crippen molar-refractivity contribution in [3.05, 3.63) is 102 Å². The van der Waals surface area contributed by atoms with Crippen molar-refractivity contribution in [1.82, 2.24) is 25.1 Å². The Morgan fingerprint density at radius 2 is 1.62 bits per heavy atom. The fourth-order valence-electron chi connectivity index (χ4n) is 9.96. The Kier molecular flexibility index (Phi) is 20.5. The second-order valence-electron chi connectivity index (χ2n) is 20.5. The number of hydrogen-bond donors (Lipinski definition) is 5. The zero-order valence-corrected chi connectivity index (χ0v) is 45.4. The summed E-state index contributed by atoms with van der Waals surface area (Å²) in [6.45, 7) is 7.78. The maximum atomic E-state index is 13.9. The number of Topliss-reactive ketones (excluding diaryl/α,β-unsaturated/α-hetero) is 1. The fraction of sp³-hybridized carbons (Fsp3) is 0.456. The number of nitrogens with zero attached hydrogens (tertiary/aromatic N) is 5. The van der Waals surface area contributed by atoms with Crippen LogP contribution in [-0.4, -0.2) is 121 Å². The summed E-state index contributed by atoms with van der Waals surface area (Å²) < 4.78 is 60.5. The molecule has 3 aromatic carbocycles. The molecule has 3 atom stereocenters. The zero-order valence-electron chi connectivity index (χ0n) is 45.4. The van der Waals surface area contributed by atoms with Gasteiger partial charge in [0, 0.05) is 61.1 Å². The summed E-state index contributed by atoms with van der Waals surface area (Å²) >= 11 is 0. The number of nitrogens with one attached hydrogen (secondary N) is 3. The fourth-order valence-corrected chi connectivity index (χ4v) is 9.96. The number of anilines is 3. The molecule has 1 saturated heterocycles. The number of fused-ring (bicyclic) bond motifs is 2. The van der Waals surface area contributed by atoms with Gasteiger partial charge < -0.3 is 46.5 Å². The van der Waals surface area contributed by atoms with Crippen molar-refractivity contribution in [2.75, 3.05) is 75.2 Å². The molecule has 7 rings (SSSR count). The van der Waals surface area contributed by atoms with E-state index in [1.54, 1.807) is 44.1 Å². The Morgan fingerprint density at radius 1 is 0.912 bits per heavy atom. The molecule has 7 amide bonds. The molecule has 7 N–H and O–H groups in total. The summed E-state index contributed by atoms with van der Waals surface area (Å²) in [5.74, 6) is -2.91. The Hall–Kier alpha value is -7.76. The molecule has 23 heteroatoms. The van der Waals surface area contributed by atoms with Gasteiger partial charge in [-0.3, -0.25) is 38.2 Å². The number of carbonyl (C=O) groups excluding carboxylic acids is 7. The number of primary amides is 1. The summed E-state index contributed by atoms with van der Waals surface area (Å²) in [4.78, 5) is 96.8. The van der Waals surface area contributed by atoms with E-state index in [4.69, 9.17) is 25.7 Å². The molecule has 0 bridgehead atoms. The topological polar surface area (TPSA) is 263 Å². The van der Waals surface area contributed by atoms with E-state index >= 15 is 0 Å². The number of urea groups is 1. The molecule has 80 heavy (non-hydrogen) atoms. The number of hydrogen-bond acceptors (Lipinski definition) is 12. The lowest BCUT2D eigenvalue weighted by molar-refractivity contribution is -0.667. The van der Waals surface area contributed by atoms with Gasteiger partial charge in [-0.25, -0.2) is 9.36 Å². The SMILES string of the molecule is CC1CC(=O)N(CCOCCOCCOCCC(=O)N[C@H](C(=O)C[C@@H](CCCNC(N)=O)C(=O)Nc2ccc(C[n+]3cnc(N)c4c(-c5ccc6c(c5)CCN6C(=O)Cc5cccc(C(F)(F)F)c5)cn(C)c43)cc2)C(C)C)C1=O. The van der Waals surface area contributed by atoms with E-state index in [0.717, 1.165) is 40.0 Å². The minimum Gasteiger partial charge on any atom is -0.379 e. The average Bonchev–Trinajstić information content (AvgIpc) is 4.16. The lowest BCUT2D eigenvalue weighted by Crippen LogP contribution is -2.45. The van der Waals surface area contributed by atoms with Crippen molar-refractivity contribution < 1.29 is 65.5 Å². The van der Waals surface area contributed by atoms with Crippen LogP contribution in [0.3, 0.4) is 0 Å². The van der Waals surface area contributed by atoms with E-state index in [1.807, 2.05) is 52.7 Å². The summed E-state index contributed by atoms with van der Waals surface area (Å²) in [5, 5.41) is 8.98. The number of nitrogen functional groups attached to an aromatic ring is 1. The predicted octanol–water partition coefficient (Wildman–Crippen LogP) is 5.25. The number of alkyl halides is 3. The first kappa shape index (κ1) is 59.9. The van der Waals surface area contributed by atoms with Gasteiger partial charge >= 0.3 is 12.2 Å². The number of amides is 7. The predicted molar refractivity (Wildman–Crippen MR) is 290 cm³/mol. The number of likely N-dealkylation sites (tertiary alicyclic amines) is 1. The molecule has 1 fully saturated rings. The Bertz CT molecular complexity index is 3060. The molecular weight excluding hydrogens is 1040 g/mol. The van der Waals surface area contributed by atoms with Crippen LogP contribution in [-0.2, 0) is 75.6 Å². The highest BCUT2D eigenvalue weighted by Gasteiger charge is 2.36. The van der Waals surface area contributed by atoms with Crippen LogP contribution in [0.25, 0.3) is 22.2 Å². The highest BCUT2D eigenvalue weighted by molar-refractivity contribution is 6.04. The number of ether oxygens (including phenoxy) is 3. The number of rotatable bonds is 28. The molecule has 0 spiro atoms. The monoisotopic (exact) mass is 1110 g/mol. The molecule has 0 saturated carbocycles. The largest absolute Gasteiger partial charge is 0.416 e. The number of aryl methyl sites for hydroxylation is 1. The van der Waals surface area contributed by atoms with E-state index in [1.165, 1.54) is 17.0 Å². The quantitative estimate of drug-likeness (QED) is 0.0245. The highest BCUT2D eigenvalue weighted by Crippen LogP contribution is 2.37. The molecule has 2 aromatic heterocycles. The van der Waals surface area contributed by atoms with Crippen molar-refractivity contribution in [3.63, 3.8) is 0 Å². The minimum absolute atomic E-state index is 0.0162. The number of carbonyl (C=O) groups is 7. The molecule has 0 aliphatic carbocycles. The van der Waals surface area contributed by atoms with Crippen molar-refractivity contribution in [2.24, 2.45) is 30.5 Å². The van der Waals surface area contributed by atoms with Gasteiger partial charge in [0.1, 0.15) is 5.39 Å². The molecule has 0 radical (unpaired) electrons. The summed E-state index contributed by atoms with van der Waals surface area (Å²) in [6, 6.07) is 16.2. The second-order valence-corrected chi connectivity index (χ2v) is 20.5. The average molecular weight is 1110 g/mol. The van der Waals surface area contributed by atoms with Gasteiger partial charge in [0.15, 0.2) is 5.78 Å². The summed E-state index contributed by atoms with van der Waals surface area (Å²) in [6.07, 6.45) is 0.106. The maximum Gasteiger partial charge on any atom is 0.416 e. The van der Waals surface area contributed by atoms with E-state index in [9.17, 15) is 46.7 Å². The minimum atomic E-state index is -4.51. The standard InChI is InChI=1S/C57H69F3N10O10/c1-35(2)51(66-47(72)17-21-78-23-25-80-26-24-79-22-20-70-48(73)27-36(3)55(70)76)46(71)31-41(8-6-18-63-56(62)77)53(75)65-43-13-10-37(11-14-43)32-68-34-64-52(61)50-44(33-67(4)54(50)68)39-12-15-45-40(30-39)16-19-69(45)49(74)29-38-7-5-9-42(28-38)57(58,59)60/h5,7,9-15,28,30,33-36,41,51,61H,6,8,16-27,29,31-32H2,1-4H3,(H5,62,63,65,66,72,75,77)/p+1/t36?,41-,51+/m1/s1. The van der Waals surface area contributed by atoms with Gasteiger partial charge in [-0.2, -0.15) is 13.2 Å². The number of aromatic nitrogens is 3. The zero-order chi connectivity index (χ0) is 57.7. The molecule has 5 aromatic rings. The lowest BCUT2D eigenvalue weighted by atomic mass is 9.89. The first-order valence-electron chi connectivity index (χ1n) is 26.7. The third-order valence-corrected chi connectivity index (χ3v) is 14.1. The molecule has 1 unspecified atom stereocenters. The number of imide groups is 1. The maximum absolute atomic E-state index is 13.9. The third kappa shape index (κ3) is 15.7. The molecule has 428 valence electrons. The third-order valence-electron chi connectivity index (χ3n) is 14.1. The van der Waals surface area contributed by atoms with E-state index in [0.29, 0.717) is 48.5 Å². The van der Waals surface area contributed by atoms with Crippen molar-refractivity contribution in [1.29, 1.82) is 0 Å². The first-order chi connectivity index (χ1) is 38.2. The number of ketones is 1. The van der Waals surface area contributed by atoms with Crippen LogP contribution in [0.15, 0.2) is 79.3 Å². The van der Waals surface area contributed by atoms with Crippen molar-refractivity contribution >= 4 is 69.6 Å². The van der Waals surface area contributed by atoms with Gasteiger partial charge in [0.2, 0.25) is 47.3 Å². The summed E-state index contributed by atoms with van der Waals surface area (Å²) in [5.41, 5.74) is 16.7. The normalized spacial score (nSPS) is 15.1. The molecule has 4 heterocycles. The number of nitrogens with two attached hydrogens (primary N) is 2. The van der Waals surface area contributed by atoms with E-state index in [-0.39, 0.29) is 126 Å². The first-order valence-corrected chi connectivity index (χ1v) is 26.7.